The number of ether oxygens (including phenoxy) is 3. The predicted octanol–water partition coefficient (Wildman–Crippen LogP) is 3.55. The molecule has 0 bridgehead atoms. The van der Waals surface area contributed by atoms with Gasteiger partial charge in [-0.1, -0.05) is 12.1 Å². The van der Waals surface area contributed by atoms with E-state index < -0.39 is 15.9 Å². The maximum atomic E-state index is 13.2. The molecule has 0 fully saturated rings. The fourth-order valence-electron chi connectivity index (χ4n) is 3.59. The van der Waals surface area contributed by atoms with Gasteiger partial charge in [-0.25, -0.2) is 8.42 Å². The first-order chi connectivity index (χ1) is 18.2. The molecule has 0 heterocycles. The summed E-state index contributed by atoms with van der Waals surface area (Å²) in [5, 5.41) is 5.56. The smallest absolute Gasteiger partial charge is 0.264 e. The molecule has 0 aliphatic rings. The van der Waals surface area contributed by atoms with E-state index in [1.165, 1.54) is 63.7 Å². The summed E-state index contributed by atoms with van der Waals surface area (Å²) >= 11 is 0. The molecule has 2 amide bonds. The molecular weight excluding hydrogens is 510 g/mol. The maximum absolute atomic E-state index is 13.2. The van der Waals surface area contributed by atoms with Gasteiger partial charge in [0, 0.05) is 38.9 Å². The summed E-state index contributed by atoms with van der Waals surface area (Å²) < 4.78 is 42.8. The van der Waals surface area contributed by atoms with Crippen molar-refractivity contribution in [3.05, 3.63) is 77.9 Å². The minimum atomic E-state index is -3.91. The van der Waals surface area contributed by atoms with E-state index in [-0.39, 0.29) is 16.6 Å². The first-order valence-electron chi connectivity index (χ1n) is 11.7. The van der Waals surface area contributed by atoms with E-state index in [9.17, 15) is 18.0 Å². The van der Waals surface area contributed by atoms with Crippen LogP contribution in [-0.2, 0) is 14.8 Å². The summed E-state index contributed by atoms with van der Waals surface area (Å²) in [4.78, 5) is 25.5. The van der Waals surface area contributed by atoms with E-state index in [1.807, 2.05) is 0 Å². The number of anilines is 2. The molecule has 3 aromatic carbocycles. The van der Waals surface area contributed by atoms with Gasteiger partial charge in [0.1, 0.15) is 0 Å². The van der Waals surface area contributed by atoms with Crippen molar-refractivity contribution >= 4 is 33.2 Å². The first-order valence-corrected chi connectivity index (χ1v) is 13.2. The molecule has 2 N–H and O–H groups in total. The topological polar surface area (TPSA) is 123 Å². The molecule has 0 saturated carbocycles. The van der Waals surface area contributed by atoms with Crippen molar-refractivity contribution in [3.63, 3.8) is 0 Å². The van der Waals surface area contributed by atoms with Crippen LogP contribution in [0.25, 0.3) is 0 Å². The fraction of sp³-hybridized carbons (Fsp3) is 0.259. The van der Waals surface area contributed by atoms with Crippen LogP contribution in [0.2, 0.25) is 0 Å². The van der Waals surface area contributed by atoms with E-state index in [1.54, 1.807) is 31.4 Å². The van der Waals surface area contributed by atoms with Crippen molar-refractivity contribution in [1.29, 1.82) is 0 Å². The number of amides is 2. The van der Waals surface area contributed by atoms with E-state index in [2.05, 4.69) is 10.6 Å². The lowest BCUT2D eigenvalue weighted by atomic mass is 10.1. The Balaban J connectivity index is 1.74. The van der Waals surface area contributed by atoms with Gasteiger partial charge in [0.05, 0.1) is 36.1 Å². The van der Waals surface area contributed by atoms with Crippen LogP contribution in [0.4, 0.5) is 11.4 Å². The van der Waals surface area contributed by atoms with Gasteiger partial charge >= 0.3 is 0 Å². The number of methoxy groups -OCH3 is 3. The molecule has 0 aliphatic carbocycles. The molecule has 0 aliphatic heterocycles. The lowest BCUT2D eigenvalue weighted by Crippen LogP contribution is -2.27. The number of sulfonamides is 1. The summed E-state index contributed by atoms with van der Waals surface area (Å²) in [5.41, 5.74) is 1.34. The number of nitrogens with zero attached hydrogens (tertiary/aromatic N) is 1. The third kappa shape index (κ3) is 6.61. The molecule has 0 radical (unpaired) electrons. The Morgan fingerprint density at radius 3 is 2.21 bits per heavy atom. The highest BCUT2D eigenvalue weighted by atomic mass is 32.2. The quantitative estimate of drug-likeness (QED) is 0.336. The summed E-state index contributed by atoms with van der Waals surface area (Å²) in [6.07, 6.45) is 0.666. The Morgan fingerprint density at radius 1 is 0.868 bits per heavy atom. The van der Waals surface area contributed by atoms with Gasteiger partial charge in [0.2, 0.25) is 0 Å². The number of benzene rings is 3. The molecule has 0 saturated heterocycles. The van der Waals surface area contributed by atoms with Gasteiger partial charge in [-0.05, 0) is 55.0 Å². The van der Waals surface area contributed by atoms with Crippen molar-refractivity contribution in [1.82, 2.24) is 5.32 Å². The van der Waals surface area contributed by atoms with E-state index in [4.69, 9.17) is 14.2 Å². The van der Waals surface area contributed by atoms with Crippen molar-refractivity contribution < 1.29 is 32.2 Å². The first kappa shape index (κ1) is 28.5. The van der Waals surface area contributed by atoms with Crippen LogP contribution in [0.5, 0.6) is 11.5 Å². The lowest BCUT2D eigenvalue weighted by Gasteiger charge is -2.20. The second kappa shape index (κ2) is 12.9. The highest BCUT2D eigenvalue weighted by Crippen LogP contribution is 2.31. The van der Waals surface area contributed by atoms with Crippen LogP contribution in [0.3, 0.4) is 0 Å². The molecule has 11 heteroatoms. The van der Waals surface area contributed by atoms with E-state index >= 15 is 0 Å². The molecule has 10 nitrogen and oxygen atoms in total. The third-order valence-electron chi connectivity index (χ3n) is 5.74. The number of hydrogen-bond donors (Lipinski definition) is 2. The fourth-order valence-corrected chi connectivity index (χ4v) is 4.81. The van der Waals surface area contributed by atoms with Gasteiger partial charge in [0.15, 0.2) is 11.5 Å². The molecule has 0 atom stereocenters. The Kier molecular flexibility index (Phi) is 9.69. The van der Waals surface area contributed by atoms with Gasteiger partial charge in [0.25, 0.3) is 21.8 Å². The van der Waals surface area contributed by atoms with Crippen LogP contribution in [0.1, 0.15) is 27.1 Å². The zero-order valence-corrected chi connectivity index (χ0v) is 22.5. The lowest BCUT2D eigenvalue weighted by molar-refractivity contribution is 0.0949. The number of hydrogen-bond acceptors (Lipinski definition) is 7. The average Bonchev–Trinajstić information content (AvgIpc) is 2.94. The van der Waals surface area contributed by atoms with Crippen LogP contribution < -0.4 is 24.4 Å². The molecule has 202 valence electrons. The number of para-hydroxylation sites is 1. The molecule has 38 heavy (non-hydrogen) atoms. The predicted molar refractivity (Wildman–Crippen MR) is 145 cm³/mol. The Hall–Kier alpha value is -4.09. The highest BCUT2D eigenvalue weighted by Gasteiger charge is 2.23. The molecular formula is C27H31N3O7S. The van der Waals surface area contributed by atoms with Gasteiger partial charge in [-0.3, -0.25) is 13.9 Å². The van der Waals surface area contributed by atoms with Crippen LogP contribution in [0, 0.1) is 0 Å². The second-order valence-electron chi connectivity index (χ2n) is 8.14. The largest absolute Gasteiger partial charge is 0.493 e. The molecule has 3 rings (SSSR count). The molecule has 3 aromatic rings. The average molecular weight is 542 g/mol. The highest BCUT2D eigenvalue weighted by molar-refractivity contribution is 7.92. The van der Waals surface area contributed by atoms with Crippen molar-refractivity contribution in [2.75, 3.05) is 51.2 Å². The van der Waals surface area contributed by atoms with Crippen LogP contribution in [-0.4, -0.2) is 61.8 Å². The minimum Gasteiger partial charge on any atom is -0.493 e. The summed E-state index contributed by atoms with van der Waals surface area (Å²) in [5.74, 6) is -0.0523. The van der Waals surface area contributed by atoms with Crippen molar-refractivity contribution in [2.24, 2.45) is 0 Å². The molecule has 0 aromatic heterocycles. The molecule has 0 unspecified atom stereocenters. The number of carbonyl (C=O) groups excluding carboxylic acids is 2. The van der Waals surface area contributed by atoms with Gasteiger partial charge in [-0.2, -0.15) is 0 Å². The van der Waals surface area contributed by atoms with Crippen molar-refractivity contribution in [2.45, 2.75) is 11.3 Å². The summed E-state index contributed by atoms with van der Waals surface area (Å²) in [6, 6.07) is 17.1. The zero-order chi connectivity index (χ0) is 27.7. The zero-order valence-electron chi connectivity index (χ0n) is 21.7. The minimum absolute atomic E-state index is 0.0246. The van der Waals surface area contributed by atoms with Gasteiger partial charge in [-0.15, -0.1) is 0 Å². The standard InChI is InChI=1S/C27H31N3O7S/c1-30(38(33,34)21-14-15-24(36-3)25(18-21)37-4)20-12-10-19(11-13-20)26(31)29-23-9-6-5-8-22(23)27(32)28-16-7-17-35-2/h5-6,8-15,18H,7,16-17H2,1-4H3,(H,28,32)(H,29,31). The number of rotatable bonds is 12. The maximum Gasteiger partial charge on any atom is 0.264 e. The Bertz CT molecular complexity index is 1380. The monoisotopic (exact) mass is 541 g/mol. The Labute approximate surface area is 222 Å². The van der Waals surface area contributed by atoms with E-state index in [0.29, 0.717) is 47.8 Å². The van der Waals surface area contributed by atoms with Gasteiger partial charge < -0.3 is 24.8 Å². The normalized spacial score (nSPS) is 10.9. The van der Waals surface area contributed by atoms with Crippen LogP contribution in [0.15, 0.2) is 71.6 Å². The van der Waals surface area contributed by atoms with Crippen molar-refractivity contribution in [3.8, 4) is 11.5 Å². The SMILES string of the molecule is COCCCNC(=O)c1ccccc1NC(=O)c1ccc(N(C)S(=O)(=O)c2ccc(OC)c(OC)c2)cc1. The molecule has 0 spiro atoms. The number of carbonyl (C=O) groups is 2. The second-order valence-corrected chi connectivity index (χ2v) is 10.1. The summed E-state index contributed by atoms with van der Waals surface area (Å²) in [6.45, 7) is 0.968. The summed E-state index contributed by atoms with van der Waals surface area (Å²) in [7, 11) is 1.99. The van der Waals surface area contributed by atoms with Crippen LogP contribution >= 0.6 is 0 Å². The van der Waals surface area contributed by atoms with E-state index in [0.717, 1.165) is 4.31 Å². The number of nitrogens with one attached hydrogen (secondary N) is 2. The third-order valence-corrected chi connectivity index (χ3v) is 7.52. The Morgan fingerprint density at radius 2 is 1.55 bits per heavy atom.